The molecule has 2 amide bonds. The van der Waals surface area contributed by atoms with Gasteiger partial charge in [-0.15, -0.1) is 0 Å². The van der Waals surface area contributed by atoms with Crippen molar-refractivity contribution in [3.8, 4) is 28.5 Å². The number of rotatable bonds is 8. The Morgan fingerprint density at radius 3 is 2.20 bits per heavy atom. The molecule has 1 N–H and O–H groups in total. The van der Waals surface area contributed by atoms with Crippen LogP contribution in [0.5, 0.6) is 17.2 Å². The number of carbonyl (C=O) groups excluding carboxylic acids is 2. The third kappa shape index (κ3) is 5.09. The summed E-state index contributed by atoms with van der Waals surface area (Å²) in [6.45, 7) is 3.49. The van der Waals surface area contributed by atoms with Gasteiger partial charge in [-0.2, -0.15) is 0 Å². The number of nitrogens with one attached hydrogen (secondary N) is 1. The lowest BCUT2D eigenvalue weighted by atomic mass is 10.1. The Kier molecular flexibility index (Phi) is 7.72. The number of nitrogens with zero attached hydrogens (tertiary/aromatic N) is 5. The molecule has 0 bridgehead atoms. The van der Waals surface area contributed by atoms with Crippen molar-refractivity contribution in [2.24, 2.45) is 0 Å². The maximum absolute atomic E-state index is 13.5. The number of benzene rings is 2. The molecule has 4 aromatic rings. The minimum absolute atomic E-state index is 0.0529. The molecule has 1 fully saturated rings. The number of fused-ring (bicyclic) bond motifs is 1. The van der Waals surface area contributed by atoms with Gasteiger partial charge in [0, 0.05) is 49.7 Å². The molecule has 3 heterocycles. The molecule has 11 nitrogen and oxygen atoms in total. The van der Waals surface area contributed by atoms with Crippen LogP contribution in [0.25, 0.3) is 16.9 Å². The van der Waals surface area contributed by atoms with E-state index in [-0.39, 0.29) is 11.8 Å². The van der Waals surface area contributed by atoms with Gasteiger partial charge in [-0.25, -0.2) is 4.98 Å². The first-order valence-electron chi connectivity index (χ1n) is 13.0. The van der Waals surface area contributed by atoms with Gasteiger partial charge in [-0.05, 0) is 19.1 Å². The highest BCUT2D eigenvalue weighted by Crippen LogP contribution is 2.38. The Morgan fingerprint density at radius 1 is 0.925 bits per heavy atom. The number of amides is 2. The van der Waals surface area contributed by atoms with Crippen molar-refractivity contribution in [1.29, 1.82) is 0 Å². The van der Waals surface area contributed by atoms with Crippen LogP contribution in [0.3, 0.4) is 0 Å². The predicted molar refractivity (Wildman–Crippen MR) is 150 cm³/mol. The molecule has 1 aliphatic rings. The Morgan fingerprint density at radius 2 is 1.57 bits per heavy atom. The van der Waals surface area contributed by atoms with E-state index in [2.05, 4.69) is 10.3 Å². The minimum Gasteiger partial charge on any atom is -0.493 e. The van der Waals surface area contributed by atoms with Crippen molar-refractivity contribution < 1.29 is 23.8 Å². The molecule has 1 atom stereocenters. The Bertz CT molecular complexity index is 1490. The van der Waals surface area contributed by atoms with Gasteiger partial charge in [0.05, 0.1) is 27.5 Å². The van der Waals surface area contributed by atoms with Crippen LogP contribution in [0.4, 0.5) is 5.82 Å². The van der Waals surface area contributed by atoms with Crippen molar-refractivity contribution in [3.05, 3.63) is 66.6 Å². The van der Waals surface area contributed by atoms with Crippen LogP contribution in [-0.4, -0.2) is 89.5 Å². The second-order valence-electron chi connectivity index (χ2n) is 9.38. The molecule has 1 saturated heterocycles. The van der Waals surface area contributed by atoms with Gasteiger partial charge in [0.1, 0.15) is 17.6 Å². The zero-order chi connectivity index (χ0) is 28.2. The summed E-state index contributed by atoms with van der Waals surface area (Å²) in [5.41, 5.74) is 2.79. The van der Waals surface area contributed by atoms with Crippen LogP contribution >= 0.6 is 0 Å². The quantitative estimate of drug-likeness (QED) is 0.360. The number of hydrogen-bond acceptors (Lipinski definition) is 8. The third-order valence-corrected chi connectivity index (χ3v) is 6.99. The molecule has 208 valence electrons. The van der Waals surface area contributed by atoms with E-state index in [1.165, 1.54) is 21.3 Å². The third-order valence-electron chi connectivity index (χ3n) is 6.99. The van der Waals surface area contributed by atoms with E-state index in [1.807, 2.05) is 47.9 Å². The average molecular weight is 545 g/mol. The second kappa shape index (κ2) is 11.5. The van der Waals surface area contributed by atoms with Crippen LogP contribution < -0.4 is 19.5 Å². The molecular weight excluding hydrogens is 512 g/mol. The highest BCUT2D eigenvalue weighted by Gasteiger charge is 2.29. The lowest BCUT2D eigenvalue weighted by molar-refractivity contribution is -0.133. The monoisotopic (exact) mass is 544 g/mol. The molecule has 0 saturated carbocycles. The van der Waals surface area contributed by atoms with Gasteiger partial charge in [-0.1, -0.05) is 30.3 Å². The second-order valence-corrected chi connectivity index (χ2v) is 9.38. The molecule has 2 aromatic heterocycles. The van der Waals surface area contributed by atoms with Crippen LogP contribution in [0.15, 0.2) is 61.1 Å². The van der Waals surface area contributed by atoms with Gasteiger partial charge in [-0.3, -0.25) is 19.0 Å². The molecule has 1 aliphatic heterocycles. The van der Waals surface area contributed by atoms with E-state index in [0.717, 1.165) is 17.1 Å². The highest BCUT2D eigenvalue weighted by molar-refractivity contribution is 5.96. The predicted octanol–water partition coefficient (Wildman–Crippen LogP) is 3.21. The van der Waals surface area contributed by atoms with Crippen molar-refractivity contribution in [1.82, 2.24) is 24.2 Å². The summed E-state index contributed by atoms with van der Waals surface area (Å²) in [5, 5.41) is 3.39. The molecule has 11 heteroatoms. The summed E-state index contributed by atoms with van der Waals surface area (Å²) in [6, 6.07) is 12.6. The summed E-state index contributed by atoms with van der Waals surface area (Å²) in [5.74, 6) is 1.76. The summed E-state index contributed by atoms with van der Waals surface area (Å²) in [7, 11) is 4.54. The smallest absolute Gasteiger partial charge is 0.254 e. The van der Waals surface area contributed by atoms with Crippen LogP contribution in [0.2, 0.25) is 0 Å². The Hall–Kier alpha value is -4.80. The fourth-order valence-corrected chi connectivity index (χ4v) is 4.90. The largest absolute Gasteiger partial charge is 0.493 e. The first-order valence-corrected chi connectivity index (χ1v) is 13.0. The van der Waals surface area contributed by atoms with E-state index < -0.39 is 6.04 Å². The lowest BCUT2D eigenvalue weighted by Gasteiger charge is -2.36. The van der Waals surface area contributed by atoms with Crippen molar-refractivity contribution in [3.63, 3.8) is 0 Å². The summed E-state index contributed by atoms with van der Waals surface area (Å²) in [4.78, 5) is 39.2. The number of methoxy groups -OCH3 is 3. The summed E-state index contributed by atoms with van der Waals surface area (Å²) < 4.78 is 18.0. The fourth-order valence-electron chi connectivity index (χ4n) is 4.90. The number of ether oxygens (including phenoxy) is 3. The topological polar surface area (TPSA) is 111 Å². The van der Waals surface area contributed by atoms with E-state index >= 15 is 0 Å². The number of aromatic nitrogens is 3. The molecule has 2 aromatic carbocycles. The van der Waals surface area contributed by atoms with E-state index in [0.29, 0.717) is 54.6 Å². The van der Waals surface area contributed by atoms with E-state index in [9.17, 15) is 9.59 Å². The first kappa shape index (κ1) is 26.8. The first-order chi connectivity index (χ1) is 19.4. The maximum Gasteiger partial charge on any atom is 0.254 e. The Balaban J connectivity index is 1.28. The molecule has 1 unspecified atom stereocenters. The minimum atomic E-state index is -0.520. The summed E-state index contributed by atoms with van der Waals surface area (Å²) in [6.07, 6.45) is 5.20. The number of hydrogen-bond donors (Lipinski definition) is 1. The number of carbonyl (C=O) groups is 2. The SMILES string of the molecule is COc1cc(C(=O)N2CCN(C(=O)C(C)Nc3c(-c4ccccc4)nc4cnccn34)CC2)cc(OC)c1OC. The van der Waals surface area contributed by atoms with Gasteiger partial charge in [0.15, 0.2) is 17.1 Å². The molecule has 0 aliphatic carbocycles. The van der Waals surface area contributed by atoms with Crippen molar-refractivity contribution in [2.45, 2.75) is 13.0 Å². The highest BCUT2D eigenvalue weighted by atomic mass is 16.5. The van der Waals surface area contributed by atoms with Crippen LogP contribution in [0, 0.1) is 0 Å². The maximum atomic E-state index is 13.5. The van der Waals surface area contributed by atoms with Gasteiger partial charge >= 0.3 is 0 Å². The van der Waals surface area contributed by atoms with Crippen molar-refractivity contribution >= 4 is 23.3 Å². The van der Waals surface area contributed by atoms with Crippen LogP contribution in [-0.2, 0) is 4.79 Å². The van der Waals surface area contributed by atoms with Gasteiger partial charge in [0.2, 0.25) is 11.7 Å². The van der Waals surface area contributed by atoms with E-state index in [4.69, 9.17) is 19.2 Å². The Labute approximate surface area is 232 Å². The summed E-state index contributed by atoms with van der Waals surface area (Å²) >= 11 is 0. The number of piperazine rings is 1. The molecule has 5 rings (SSSR count). The van der Waals surface area contributed by atoms with Crippen LogP contribution in [0.1, 0.15) is 17.3 Å². The molecular formula is C29H32N6O5. The molecule has 40 heavy (non-hydrogen) atoms. The van der Waals surface area contributed by atoms with Gasteiger partial charge in [0.25, 0.3) is 5.91 Å². The zero-order valence-electron chi connectivity index (χ0n) is 23.0. The standard InChI is InChI=1S/C29H32N6O5/c1-19(31-27-25(20-8-6-5-7-9-20)32-24-18-30-10-11-35(24)27)28(36)33-12-14-34(15-13-33)29(37)21-16-22(38-2)26(40-4)23(17-21)39-3/h5-11,16-19,31H,12-15H2,1-4H3. The molecule has 0 spiro atoms. The molecule has 0 radical (unpaired) electrons. The van der Waals surface area contributed by atoms with E-state index in [1.54, 1.807) is 34.3 Å². The van der Waals surface area contributed by atoms with Crippen molar-refractivity contribution in [2.75, 3.05) is 52.8 Å². The fraction of sp³-hybridized carbons (Fsp3) is 0.310. The number of anilines is 1. The van der Waals surface area contributed by atoms with Gasteiger partial charge < -0.3 is 29.3 Å². The normalized spacial score (nSPS) is 14.1. The zero-order valence-corrected chi connectivity index (χ0v) is 23.0. The lowest BCUT2D eigenvalue weighted by Crippen LogP contribution is -2.53. The average Bonchev–Trinajstić information content (AvgIpc) is 3.38. The number of imidazole rings is 1.